The van der Waals surface area contributed by atoms with E-state index in [4.69, 9.17) is 0 Å². The molecule has 0 saturated carbocycles. The number of ketones is 1. The number of fused-ring (bicyclic) bond motifs is 1. The Morgan fingerprint density at radius 1 is 0.923 bits per heavy atom. The minimum atomic E-state index is -1.08. The molecule has 1 aromatic heterocycles. The Kier molecular flexibility index (Phi) is 8.07. The van der Waals surface area contributed by atoms with Crippen LogP contribution in [0, 0.1) is 0 Å². The molecule has 1 fully saturated rings. The Hall–Kier alpha value is -4.37. The van der Waals surface area contributed by atoms with Gasteiger partial charge in [0.2, 0.25) is 17.6 Å². The van der Waals surface area contributed by atoms with E-state index < -0.39 is 29.7 Å². The van der Waals surface area contributed by atoms with Crippen LogP contribution in [-0.4, -0.2) is 45.5 Å². The second-order valence-electron chi connectivity index (χ2n) is 9.43. The number of rotatable bonds is 10. The van der Waals surface area contributed by atoms with Crippen molar-refractivity contribution in [2.75, 3.05) is 0 Å². The summed E-state index contributed by atoms with van der Waals surface area (Å²) in [5.41, 5.74) is 2.55. The number of likely N-dealkylation sites (tertiary alicyclic amines) is 1. The van der Waals surface area contributed by atoms with Crippen molar-refractivity contribution in [1.29, 1.82) is 0 Å². The van der Waals surface area contributed by atoms with Gasteiger partial charge in [0.15, 0.2) is 0 Å². The molecular weight excluding hydrogens is 512 g/mol. The van der Waals surface area contributed by atoms with Crippen LogP contribution in [0.2, 0.25) is 0 Å². The third kappa shape index (κ3) is 6.38. The number of hydrogen-bond donors (Lipinski definition) is 2. The molecule has 1 aliphatic rings. The van der Waals surface area contributed by atoms with E-state index in [9.17, 15) is 19.2 Å². The van der Waals surface area contributed by atoms with Crippen molar-refractivity contribution in [3.63, 3.8) is 0 Å². The molecule has 5 rings (SSSR count). The summed E-state index contributed by atoms with van der Waals surface area (Å²) in [5, 5.41) is 6.13. The molecule has 2 N–H and O–H groups in total. The van der Waals surface area contributed by atoms with Crippen molar-refractivity contribution in [1.82, 2.24) is 20.5 Å². The maximum atomic E-state index is 13.4. The van der Waals surface area contributed by atoms with Crippen molar-refractivity contribution in [2.45, 2.75) is 44.4 Å². The lowest BCUT2D eigenvalue weighted by Gasteiger charge is -2.26. The van der Waals surface area contributed by atoms with Crippen molar-refractivity contribution < 1.29 is 19.2 Å². The summed E-state index contributed by atoms with van der Waals surface area (Å²) in [7, 11) is 0. The molecule has 2 atom stereocenters. The standard InChI is InChI=1S/C30H28N4O4S/c35-27-16-15-24(34(27)19-21-11-5-2-6-12-21)29(37)33-23(17-20-9-3-1-4-10-20)28(36)30(38)31-18-26-32-22-13-7-8-14-25(22)39-26/h1-14,23-24H,15-19H2,(H,31,38)(H,33,37)/t23?,24-/m1/s1. The van der Waals surface area contributed by atoms with E-state index in [-0.39, 0.29) is 25.3 Å². The predicted octanol–water partition coefficient (Wildman–Crippen LogP) is 3.40. The number of Topliss-reactive ketones (excluding diaryl/α,β-unsaturated/α-hetero) is 1. The molecule has 1 saturated heterocycles. The molecular formula is C30H28N4O4S. The van der Waals surface area contributed by atoms with E-state index >= 15 is 0 Å². The van der Waals surface area contributed by atoms with Crippen molar-refractivity contribution in [2.24, 2.45) is 0 Å². The van der Waals surface area contributed by atoms with Gasteiger partial charge < -0.3 is 15.5 Å². The molecule has 39 heavy (non-hydrogen) atoms. The molecule has 3 amide bonds. The molecule has 1 unspecified atom stereocenters. The van der Waals surface area contributed by atoms with Crippen LogP contribution in [-0.2, 0) is 38.7 Å². The van der Waals surface area contributed by atoms with Crippen LogP contribution in [0.3, 0.4) is 0 Å². The Bertz CT molecular complexity index is 1460. The summed E-state index contributed by atoms with van der Waals surface area (Å²) >= 11 is 1.45. The zero-order valence-electron chi connectivity index (χ0n) is 21.2. The summed E-state index contributed by atoms with van der Waals surface area (Å²) in [5.74, 6) is -2.09. The third-order valence-corrected chi connectivity index (χ3v) is 7.74. The number of aromatic nitrogens is 1. The molecule has 0 bridgehead atoms. The number of para-hydroxylation sites is 1. The fourth-order valence-electron chi connectivity index (χ4n) is 4.71. The Morgan fingerprint density at radius 2 is 1.59 bits per heavy atom. The number of carbonyl (C=O) groups excluding carboxylic acids is 4. The van der Waals surface area contributed by atoms with Gasteiger partial charge in [-0.2, -0.15) is 0 Å². The number of carbonyl (C=O) groups is 4. The lowest BCUT2D eigenvalue weighted by molar-refractivity contribution is -0.141. The van der Waals surface area contributed by atoms with E-state index in [2.05, 4.69) is 15.6 Å². The van der Waals surface area contributed by atoms with Crippen LogP contribution >= 0.6 is 11.3 Å². The lowest BCUT2D eigenvalue weighted by Crippen LogP contribution is -2.53. The van der Waals surface area contributed by atoms with E-state index in [1.54, 1.807) is 4.90 Å². The molecule has 0 spiro atoms. The van der Waals surface area contributed by atoms with Crippen molar-refractivity contribution in [3.8, 4) is 0 Å². The smallest absolute Gasteiger partial charge is 0.289 e. The highest BCUT2D eigenvalue weighted by Gasteiger charge is 2.38. The molecule has 1 aliphatic heterocycles. The van der Waals surface area contributed by atoms with Gasteiger partial charge in [-0.1, -0.05) is 72.8 Å². The van der Waals surface area contributed by atoms with Gasteiger partial charge >= 0.3 is 0 Å². The second-order valence-corrected chi connectivity index (χ2v) is 10.6. The van der Waals surface area contributed by atoms with Gasteiger partial charge in [0.05, 0.1) is 16.8 Å². The summed E-state index contributed by atoms with van der Waals surface area (Å²) < 4.78 is 0.994. The highest BCUT2D eigenvalue weighted by molar-refractivity contribution is 7.18. The summed E-state index contributed by atoms with van der Waals surface area (Å²) in [6.45, 7) is 0.412. The molecule has 198 valence electrons. The van der Waals surface area contributed by atoms with Crippen LogP contribution < -0.4 is 10.6 Å². The van der Waals surface area contributed by atoms with Crippen LogP contribution in [0.4, 0.5) is 0 Å². The highest BCUT2D eigenvalue weighted by atomic mass is 32.1. The summed E-state index contributed by atoms with van der Waals surface area (Å²) in [4.78, 5) is 58.3. The molecule has 0 aliphatic carbocycles. The van der Waals surface area contributed by atoms with Crippen molar-refractivity contribution in [3.05, 3.63) is 101 Å². The van der Waals surface area contributed by atoms with Gasteiger partial charge in [-0.25, -0.2) is 4.98 Å². The number of hydrogen-bond acceptors (Lipinski definition) is 6. The molecule has 0 radical (unpaired) electrons. The molecule has 2 heterocycles. The number of amides is 3. The van der Waals surface area contributed by atoms with E-state index in [0.29, 0.717) is 18.0 Å². The second kappa shape index (κ2) is 12.0. The zero-order chi connectivity index (χ0) is 27.2. The number of nitrogens with zero attached hydrogens (tertiary/aromatic N) is 2. The van der Waals surface area contributed by atoms with E-state index in [1.807, 2.05) is 84.9 Å². The SMILES string of the molecule is O=C(NCc1nc2ccccc2s1)C(=O)C(Cc1ccccc1)NC(=O)[C@H]1CCC(=O)N1Cc1ccccc1. The lowest BCUT2D eigenvalue weighted by atomic mass is 10.0. The van der Waals surface area contributed by atoms with Crippen LogP contribution in [0.1, 0.15) is 29.0 Å². The third-order valence-electron chi connectivity index (χ3n) is 6.70. The molecule has 4 aromatic rings. The van der Waals surface area contributed by atoms with Gasteiger partial charge in [0, 0.05) is 19.4 Å². The normalized spacial score (nSPS) is 15.7. The Morgan fingerprint density at radius 3 is 2.31 bits per heavy atom. The molecule has 3 aromatic carbocycles. The van der Waals surface area contributed by atoms with Crippen LogP contribution in [0.25, 0.3) is 10.2 Å². The Balaban J connectivity index is 1.28. The van der Waals surface area contributed by atoms with Gasteiger partial charge in [-0.05, 0) is 29.7 Å². The fourth-order valence-corrected chi connectivity index (χ4v) is 5.62. The van der Waals surface area contributed by atoms with Crippen LogP contribution in [0.15, 0.2) is 84.9 Å². The fraction of sp³-hybridized carbons (Fsp3) is 0.233. The average Bonchev–Trinajstić information content (AvgIpc) is 3.55. The first-order chi connectivity index (χ1) is 19.0. The average molecular weight is 541 g/mol. The molecule has 9 heteroatoms. The number of benzene rings is 3. The maximum Gasteiger partial charge on any atom is 0.289 e. The number of nitrogens with one attached hydrogen (secondary N) is 2. The summed E-state index contributed by atoms with van der Waals surface area (Å²) in [6.07, 6.45) is 0.762. The predicted molar refractivity (Wildman–Crippen MR) is 149 cm³/mol. The first-order valence-corrected chi connectivity index (χ1v) is 13.6. The number of thiazole rings is 1. The first kappa shape index (κ1) is 26.2. The first-order valence-electron chi connectivity index (χ1n) is 12.8. The van der Waals surface area contributed by atoms with Gasteiger partial charge in [0.1, 0.15) is 17.1 Å². The minimum Gasteiger partial charge on any atom is -0.344 e. The topological polar surface area (TPSA) is 108 Å². The zero-order valence-corrected chi connectivity index (χ0v) is 22.0. The Labute approximate surface area is 230 Å². The monoisotopic (exact) mass is 540 g/mol. The van der Waals surface area contributed by atoms with Gasteiger partial charge in [-0.3, -0.25) is 19.2 Å². The largest absolute Gasteiger partial charge is 0.344 e. The quantitative estimate of drug-likeness (QED) is 0.300. The van der Waals surface area contributed by atoms with Gasteiger partial charge in [0.25, 0.3) is 5.91 Å². The molecule has 8 nitrogen and oxygen atoms in total. The highest BCUT2D eigenvalue weighted by Crippen LogP contribution is 2.23. The van der Waals surface area contributed by atoms with E-state index in [1.165, 1.54) is 11.3 Å². The van der Waals surface area contributed by atoms with Crippen LogP contribution in [0.5, 0.6) is 0 Å². The van der Waals surface area contributed by atoms with E-state index in [0.717, 1.165) is 21.3 Å². The minimum absolute atomic E-state index is 0.109. The summed E-state index contributed by atoms with van der Waals surface area (Å²) in [6, 6.07) is 24.5. The van der Waals surface area contributed by atoms with Gasteiger partial charge in [-0.15, -0.1) is 11.3 Å². The maximum absolute atomic E-state index is 13.4. The van der Waals surface area contributed by atoms with Crippen molar-refractivity contribution >= 4 is 45.1 Å².